The van der Waals surface area contributed by atoms with Crippen molar-refractivity contribution in [3.8, 4) is 0 Å². The Bertz CT molecular complexity index is 586. The first-order chi connectivity index (χ1) is 9.24. The maximum Gasteiger partial charge on any atom is 0.278 e. The molecule has 0 bridgehead atoms. The van der Waals surface area contributed by atoms with E-state index in [0.29, 0.717) is 30.7 Å². The van der Waals surface area contributed by atoms with Gasteiger partial charge in [0.25, 0.3) is 5.69 Å². The summed E-state index contributed by atoms with van der Waals surface area (Å²) >= 11 is 0. The van der Waals surface area contributed by atoms with Crippen LogP contribution in [0.2, 0.25) is 0 Å². The monoisotopic (exact) mass is 261 g/mol. The second-order valence-electron chi connectivity index (χ2n) is 3.91. The number of anilines is 1. The molecule has 1 heterocycles. The molecule has 0 aliphatic rings. The van der Waals surface area contributed by atoms with Crippen molar-refractivity contribution in [2.75, 3.05) is 25.1 Å². The van der Waals surface area contributed by atoms with Crippen molar-refractivity contribution in [1.29, 1.82) is 0 Å². The van der Waals surface area contributed by atoms with E-state index in [4.69, 9.17) is 4.74 Å². The lowest BCUT2D eigenvalue weighted by atomic mass is 10.1. The summed E-state index contributed by atoms with van der Waals surface area (Å²) in [6, 6.07) is 6.57. The summed E-state index contributed by atoms with van der Waals surface area (Å²) in [7, 11) is 0. The molecule has 0 radical (unpaired) electrons. The second-order valence-corrected chi connectivity index (χ2v) is 3.91. The molecule has 1 N–H and O–H groups in total. The normalized spacial score (nSPS) is 10.6. The Kier molecular flexibility index (Phi) is 4.25. The maximum absolute atomic E-state index is 11.0. The Hall–Kier alpha value is -2.21. The topological polar surface area (TPSA) is 77.3 Å². The number of nitro benzene ring substituents is 1. The number of nitro groups is 1. The van der Waals surface area contributed by atoms with Gasteiger partial charge >= 0.3 is 0 Å². The predicted octanol–water partition coefficient (Wildman–Crippen LogP) is 2.59. The number of hydrogen-bond donors (Lipinski definition) is 1. The molecule has 0 spiro atoms. The van der Waals surface area contributed by atoms with Crippen LogP contribution < -0.4 is 5.32 Å². The minimum Gasteiger partial charge on any atom is -0.381 e. The molecule has 1 aromatic heterocycles. The number of ether oxygens (including phenoxy) is 1. The Morgan fingerprint density at radius 2 is 2.26 bits per heavy atom. The number of hydrogen-bond acceptors (Lipinski definition) is 5. The van der Waals surface area contributed by atoms with Crippen LogP contribution in [0.4, 0.5) is 11.4 Å². The summed E-state index contributed by atoms with van der Waals surface area (Å²) in [4.78, 5) is 14.8. The summed E-state index contributed by atoms with van der Waals surface area (Å²) in [5.41, 5.74) is 1.45. The van der Waals surface area contributed by atoms with Crippen LogP contribution in [-0.4, -0.2) is 29.7 Å². The smallest absolute Gasteiger partial charge is 0.278 e. The van der Waals surface area contributed by atoms with Gasteiger partial charge in [0.1, 0.15) is 5.52 Å². The van der Waals surface area contributed by atoms with Gasteiger partial charge < -0.3 is 10.1 Å². The van der Waals surface area contributed by atoms with Crippen LogP contribution in [0.1, 0.15) is 6.92 Å². The quantitative estimate of drug-likeness (QED) is 0.491. The first-order valence-electron chi connectivity index (χ1n) is 6.07. The summed E-state index contributed by atoms with van der Waals surface area (Å²) in [5.74, 6) is 0. The van der Waals surface area contributed by atoms with Crippen molar-refractivity contribution >= 4 is 22.3 Å². The molecule has 0 fully saturated rings. The Morgan fingerprint density at radius 3 is 3.00 bits per heavy atom. The molecule has 0 amide bonds. The van der Waals surface area contributed by atoms with Crippen molar-refractivity contribution < 1.29 is 9.66 Å². The average molecular weight is 261 g/mol. The van der Waals surface area contributed by atoms with Crippen LogP contribution in [0, 0.1) is 10.1 Å². The van der Waals surface area contributed by atoms with Crippen LogP contribution in [0.3, 0.4) is 0 Å². The highest BCUT2D eigenvalue weighted by Gasteiger charge is 2.14. The lowest BCUT2D eigenvalue weighted by Gasteiger charge is -2.09. The van der Waals surface area contributed by atoms with Crippen molar-refractivity contribution in [3.05, 3.63) is 40.6 Å². The molecular weight excluding hydrogens is 246 g/mol. The van der Waals surface area contributed by atoms with Crippen molar-refractivity contribution in [3.63, 3.8) is 0 Å². The standard InChI is InChI=1S/C13H15N3O3/c1-2-19-9-8-14-11-5-6-12(16(17)18)10-4-3-7-15-13(10)11/h3-7,14H,2,8-9H2,1H3. The summed E-state index contributed by atoms with van der Waals surface area (Å²) in [6.45, 7) is 3.82. The molecule has 0 aliphatic heterocycles. The van der Waals surface area contributed by atoms with E-state index < -0.39 is 4.92 Å². The molecule has 0 aliphatic carbocycles. The van der Waals surface area contributed by atoms with Gasteiger partial charge in [-0.25, -0.2) is 0 Å². The van der Waals surface area contributed by atoms with Crippen molar-refractivity contribution in [1.82, 2.24) is 4.98 Å². The van der Waals surface area contributed by atoms with Gasteiger partial charge in [-0.05, 0) is 25.1 Å². The third-order valence-electron chi connectivity index (χ3n) is 2.71. The van der Waals surface area contributed by atoms with E-state index in [2.05, 4.69) is 10.3 Å². The number of pyridine rings is 1. The van der Waals surface area contributed by atoms with E-state index in [1.54, 1.807) is 24.4 Å². The van der Waals surface area contributed by atoms with Crippen LogP contribution in [-0.2, 0) is 4.74 Å². The zero-order chi connectivity index (χ0) is 13.7. The van der Waals surface area contributed by atoms with E-state index in [9.17, 15) is 10.1 Å². The number of benzene rings is 1. The van der Waals surface area contributed by atoms with Gasteiger partial charge in [0.05, 0.1) is 22.6 Å². The summed E-state index contributed by atoms with van der Waals surface area (Å²) < 4.78 is 5.24. The van der Waals surface area contributed by atoms with Crippen LogP contribution in [0.5, 0.6) is 0 Å². The summed E-state index contributed by atoms with van der Waals surface area (Å²) in [5, 5.41) is 14.7. The maximum atomic E-state index is 11.0. The fraction of sp³-hybridized carbons (Fsp3) is 0.308. The molecule has 19 heavy (non-hydrogen) atoms. The molecule has 2 rings (SSSR count). The third kappa shape index (κ3) is 2.97. The Labute approximate surface area is 110 Å². The molecule has 6 nitrogen and oxygen atoms in total. The van der Waals surface area contributed by atoms with Gasteiger partial charge in [0, 0.05) is 25.4 Å². The number of rotatable bonds is 6. The first kappa shape index (κ1) is 13.2. The second kappa shape index (κ2) is 6.10. The minimum absolute atomic E-state index is 0.0680. The average Bonchev–Trinajstić information content (AvgIpc) is 2.43. The number of fused-ring (bicyclic) bond motifs is 1. The third-order valence-corrected chi connectivity index (χ3v) is 2.71. The number of nitrogens with one attached hydrogen (secondary N) is 1. The highest BCUT2D eigenvalue weighted by atomic mass is 16.6. The molecule has 2 aromatic rings. The Balaban J connectivity index is 2.30. The lowest BCUT2D eigenvalue weighted by Crippen LogP contribution is -2.09. The number of non-ortho nitro benzene ring substituents is 1. The van der Waals surface area contributed by atoms with Gasteiger partial charge in [0.2, 0.25) is 0 Å². The molecule has 0 unspecified atom stereocenters. The van der Waals surface area contributed by atoms with Crippen molar-refractivity contribution in [2.24, 2.45) is 0 Å². The Morgan fingerprint density at radius 1 is 1.42 bits per heavy atom. The van der Waals surface area contributed by atoms with Crippen molar-refractivity contribution in [2.45, 2.75) is 6.92 Å². The van der Waals surface area contributed by atoms with Crippen LogP contribution in [0.15, 0.2) is 30.5 Å². The molecule has 0 saturated heterocycles. The van der Waals surface area contributed by atoms with E-state index in [1.165, 1.54) is 6.07 Å². The SMILES string of the molecule is CCOCCNc1ccc([N+](=O)[O-])c2cccnc12. The highest BCUT2D eigenvalue weighted by Crippen LogP contribution is 2.29. The molecule has 6 heteroatoms. The van der Waals surface area contributed by atoms with E-state index in [-0.39, 0.29) is 5.69 Å². The lowest BCUT2D eigenvalue weighted by molar-refractivity contribution is -0.383. The van der Waals surface area contributed by atoms with Gasteiger partial charge in [-0.2, -0.15) is 0 Å². The first-order valence-corrected chi connectivity index (χ1v) is 6.07. The minimum atomic E-state index is -0.395. The van der Waals surface area contributed by atoms with Gasteiger partial charge in [-0.15, -0.1) is 0 Å². The van der Waals surface area contributed by atoms with Crippen LogP contribution in [0.25, 0.3) is 10.9 Å². The molecule has 1 aromatic carbocycles. The molecule has 100 valence electrons. The van der Waals surface area contributed by atoms with Gasteiger partial charge in [-0.1, -0.05) is 0 Å². The van der Waals surface area contributed by atoms with E-state index >= 15 is 0 Å². The van der Waals surface area contributed by atoms with Crippen LogP contribution >= 0.6 is 0 Å². The number of nitrogens with zero attached hydrogens (tertiary/aromatic N) is 2. The molecule has 0 saturated carbocycles. The predicted molar refractivity (Wildman–Crippen MR) is 73.4 cm³/mol. The summed E-state index contributed by atoms with van der Waals surface area (Å²) in [6.07, 6.45) is 1.62. The fourth-order valence-corrected chi connectivity index (χ4v) is 1.86. The molecule has 0 atom stereocenters. The molecular formula is C13H15N3O3. The zero-order valence-electron chi connectivity index (χ0n) is 10.6. The zero-order valence-corrected chi connectivity index (χ0v) is 10.6. The fourth-order valence-electron chi connectivity index (χ4n) is 1.86. The van der Waals surface area contributed by atoms with E-state index in [1.807, 2.05) is 6.92 Å². The largest absolute Gasteiger partial charge is 0.381 e. The van der Waals surface area contributed by atoms with Gasteiger partial charge in [0.15, 0.2) is 0 Å². The van der Waals surface area contributed by atoms with E-state index in [0.717, 1.165) is 5.69 Å². The highest BCUT2D eigenvalue weighted by molar-refractivity contribution is 5.96. The number of aromatic nitrogens is 1. The van der Waals surface area contributed by atoms with Gasteiger partial charge in [-0.3, -0.25) is 15.1 Å².